The molecule has 2 amide bonds. The van der Waals surface area contributed by atoms with Crippen molar-refractivity contribution in [1.29, 1.82) is 0 Å². The summed E-state index contributed by atoms with van der Waals surface area (Å²) in [7, 11) is 0. The minimum atomic E-state index is -0.531. The molecule has 6 nitrogen and oxygen atoms in total. The molecule has 0 fully saturated rings. The van der Waals surface area contributed by atoms with Crippen LogP contribution in [-0.2, 0) is 9.53 Å². The summed E-state index contributed by atoms with van der Waals surface area (Å²) in [6.07, 6.45) is -0.260. The fraction of sp³-hybridized carbons (Fsp3) is 0.167. The molecule has 0 spiro atoms. The first-order chi connectivity index (χ1) is 14.6. The summed E-state index contributed by atoms with van der Waals surface area (Å²) in [5, 5.41) is 5.56. The fourth-order valence-electron chi connectivity index (χ4n) is 3.59. The maximum Gasteiger partial charge on any atom is 0.411 e. The number of hydrogen-bond acceptors (Lipinski definition) is 4. The molecule has 0 bridgehead atoms. The topological polar surface area (TPSA) is 76.7 Å². The molecule has 0 saturated carbocycles. The van der Waals surface area contributed by atoms with E-state index in [0.29, 0.717) is 11.4 Å². The summed E-state index contributed by atoms with van der Waals surface area (Å²) < 4.78 is 10.9. The van der Waals surface area contributed by atoms with Crippen molar-refractivity contribution in [3.8, 4) is 11.5 Å². The summed E-state index contributed by atoms with van der Waals surface area (Å²) in [6, 6.07) is 22.5. The standard InChI is InChI=1S/C24H22N2O4/c1-2-29-24(28)26-17-9-7-8-16(14-17)25-23(27)15-20-18-10-3-5-12-21(18)30-22-13-6-4-11-19(20)22/h3-14,20H,2,15H2,1H3,(H,25,27)(H,26,28). The second-order valence-corrected chi connectivity index (χ2v) is 6.91. The number of fused-ring (bicyclic) bond motifs is 2. The van der Waals surface area contributed by atoms with Gasteiger partial charge in [0, 0.05) is 34.8 Å². The Bertz CT molecular complexity index is 1030. The molecule has 1 aliphatic heterocycles. The molecule has 30 heavy (non-hydrogen) atoms. The second kappa shape index (κ2) is 8.69. The molecule has 4 rings (SSSR count). The van der Waals surface area contributed by atoms with Crippen LogP contribution < -0.4 is 15.4 Å². The van der Waals surface area contributed by atoms with E-state index in [1.54, 1.807) is 31.2 Å². The Morgan fingerprint density at radius 2 is 1.47 bits per heavy atom. The third-order valence-electron chi connectivity index (χ3n) is 4.87. The predicted molar refractivity (Wildman–Crippen MR) is 115 cm³/mol. The Labute approximate surface area is 174 Å². The Hall–Kier alpha value is -3.80. The number of nitrogens with one attached hydrogen (secondary N) is 2. The first kappa shape index (κ1) is 19.5. The van der Waals surface area contributed by atoms with Gasteiger partial charge in [0.1, 0.15) is 11.5 Å². The Morgan fingerprint density at radius 3 is 2.10 bits per heavy atom. The lowest BCUT2D eigenvalue weighted by atomic mass is 9.85. The molecule has 2 N–H and O–H groups in total. The van der Waals surface area contributed by atoms with Gasteiger partial charge in [0.15, 0.2) is 0 Å². The highest BCUT2D eigenvalue weighted by molar-refractivity contribution is 5.93. The average Bonchev–Trinajstić information content (AvgIpc) is 2.74. The number of hydrogen-bond donors (Lipinski definition) is 2. The van der Waals surface area contributed by atoms with Gasteiger partial charge in [-0.25, -0.2) is 4.79 Å². The normalized spacial score (nSPS) is 12.2. The van der Waals surface area contributed by atoms with Crippen molar-refractivity contribution < 1.29 is 19.1 Å². The van der Waals surface area contributed by atoms with E-state index >= 15 is 0 Å². The van der Waals surface area contributed by atoms with Gasteiger partial charge in [0.25, 0.3) is 0 Å². The van der Waals surface area contributed by atoms with Crippen LogP contribution in [0, 0.1) is 0 Å². The van der Waals surface area contributed by atoms with E-state index in [9.17, 15) is 9.59 Å². The van der Waals surface area contributed by atoms with Gasteiger partial charge >= 0.3 is 6.09 Å². The van der Waals surface area contributed by atoms with Crippen molar-refractivity contribution in [3.63, 3.8) is 0 Å². The molecular weight excluding hydrogens is 380 g/mol. The van der Waals surface area contributed by atoms with Crippen LogP contribution in [0.4, 0.5) is 16.2 Å². The fourth-order valence-corrected chi connectivity index (χ4v) is 3.59. The number of amides is 2. The first-order valence-corrected chi connectivity index (χ1v) is 9.83. The number of ether oxygens (including phenoxy) is 2. The molecule has 3 aromatic carbocycles. The van der Waals surface area contributed by atoms with E-state index < -0.39 is 6.09 Å². The maximum atomic E-state index is 12.9. The molecule has 0 unspecified atom stereocenters. The van der Waals surface area contributed by atoms with E-state index in [1.165, 1.54) is 0 Å². The lowest BCUT2D eigenvalue weighted by molar-refractivity contribution is -0.116. The lowest BCUT2D eigenvalue weighted by Gasteiger charge is -2.27. The predicted octanol–water partition coefficient (Wildman–Crippen LogP) is 5.52. The number of para-hydroxylation sites is 2. The molecule has 0 aliphatic carbocycles. The zero-order valence-corrected chi connectivity index (χ0v) is 16.6. The van der Waals surface area contributed by atoms with Crippen LogP contribution >= 0.6 is 0 Å². The van der Waals surface area contributed by atoms with Crippen LogP contribution in [0.3, 0.4) is 0 Å². The summed E-state index contributed by atoms with van der Waals surface area (Å²) in [5.74, 6) is 1.32. The van der Waals surface area contributed by atoms with Crippen LogP contribution in [0.5, 0.6) is 11.5 Å². The average molecular weight is 402 g/mol. The van der Waals surface area contributed by atoms with Crippen LogP contribution in [0.25, 0.3) is 0 Å². The SMILES string of the molecule is CCOC(=O)Nc1cccc(NC(=O)CC2c3ccccc3Oc3ccccc32)c1. The van der Waals surface area contributed by atoms with Gasteiger partial charge in [-0.1, -0.05) is 42.5 Å². The molecule has 6 heteroatoms. The van der Waals surface area contributed by atoms with Gasteiger partial charge in [-0.3, -0.25) is 10.1 Å². The third kappa shape index (κ3) is 4.27. The minimum absolute atomic E-state index is 0.105. The van der Waals surface area contributed by atoms with Gasteiger partial charge in [0.05, 0.1) is 6.61 Å². The Balaban J connectivity index is 1.51. The highest BCUT2D eigenvalue weighted by Crippen LogP contribution is 2.45. The Morgan fingerprint density at radius 1 is 0.867 bits per heavy atom. The van der Waals surface area contributed by atoms with E-state index in [2.05, 4.69) is 10.6 Å². The zero-order valence-electron chi connectivity index (χ0n) is 16.6. The zero-order chi connectivity index (χ0) is 20.9. The number of anilines is 2. The summed E-state index contributed by atoms with van der Waals surface area (Å²) in [5.41, 5.74) is 3.13. The van der Waals surface area contributed by atoms with Crippen molar-refractivity contribution >= 4 is 23.4 Å². The van der Waals surface area contributed by atoms with E-state index in [0.717, 1.165) is 22.6 Å². The number of rotatable bonds is 5. The first-order valence-electron chi connectivity index (χ1n) is 9.83. The molecule has 0 atom stereocenters. The van der Waals surface area contributed by atoms with E-state index in [-0.39, 0.29) is 24.9 Å². The third-order valence-corrected chi connectivity index (χ3v) is 4.87. The minimum Gasteiger partial charge on any atom is -0.457 e. The number of carbonyl (C=O) groups is 2. The van der Waals surface area contributed by atoms with Gasteiger partial charge in [-0.2, -0.15) is 0 Å². The van der Waals surface area contributed by atoms with Crippen LogP contribution in [0.1, 0.15) is 30.4 Å². The maximum absolute atomic E-state index is 12.9. The molecule has 3 aromatic rings. The Kier molecular flexibility index (Phi) is 5.66. The second-order valence-electron chi connectivity index (χ2n) is 6.91. The summed E-state index contributed by atoms with van der Waals surface area (Å²) >= 11 is 0. The lowest BCUT2D eigenvalue weighted by Crippen LogP contribution is -2.19. The summed E-state index contributed by atoms with van der Waals surface area (Å²) in [6.45, 7) is 2.03. The molecular formula is C24H22N2O4. The number of benzene rings is 3. The molecule has 0 saturated heterocycles. The summed E-state index contributed by atoms with van der Waals surface area (Å²) in [4.78, 5) is 24.5. The van der Waals surface area contributed by atoms with Crippen LogP contribution in [0.2, 0.25) is 0 Å². The van der Waals surface area contributed by atoms with Gasteiger partial charge in [-0.05, 0) is 37.3 Å². The van der Waals surface area contributed by atoms with Crippen LogP contribution in [-0.4, -0.2) is 18.6 Å². The van der Waals surface area contributed by atoms with E-state index in [4.69, 9.17) is 9.47 Å². The van der Waals surface area contributed by atoms with Gasteiger partial charge < -0.3 is 14.8 Å². The molecule has 0 radical (unpaired) electrons. The van der Waals surface area contributed by atoms with Gasteiger partial charge in [-0.15, -0.1) is 0 Å². The van der Waals surface area contributed by atoms with Gasteiger partial charge in [0.2, 0.25) is 5.91 Å². The quantitative estimate of drug-likeness (QED) is 0.589. The molecule has 1 aliphatic rings. The highest BCUT2D eigenvalue weighted by Gasteiger charge is 2.28. The molecule has 0 aromatic heterocycles. The highest BCUT2D eigenvalue weighted by atomic mass is 16.5. The smallest absolute Gasteiger partial charge is 0.411 e. The monoisotopic (exact) mass is 402 g/mol. The van der Waals surface area contributed by atoms with E-state index in [1.807, 2.05) is 48.5 Å². The number of carbonyl (C=O) groups excluding carboxylic acids is 2. The molecule has 152 valence electrons. The van der Waals surface area contributed by atoms with Crippen molar-refractivity contribution in [2.24, 2.45) is 0 Å². The van der Waals surface area contributed by atoms with Crippen LogP contribution in [0.15, 0.2) is 72.8 Å². The van der Waals surface area contributed by atoms with Crippen molar-refractivity contribution in [3.05, 3.63) is 83.9 Å². The van der Waals surface area contributed by atoms with Crippen molar-refractivity contribution in [2.45, 2.75) is 19.3 Å². The van der Waals surface area contributed by atoms with Crippen molar-refractivity contribution in [1.82, 2.24) is 0 Å². The van der Waals surface area contributed by atoms with Crippen molar-refractivity contribution in [2.75, 3.05) is 17.2 Å². The largest absolute Gasteiger partial charge is 0.457 e. The molecule has 1 heterocycles.